The smallest absolute Gasteiger partial charge is 0.224 e. The first-order chi connectivity index (χ1) is 13.0. The molecule has 0 saturated carbocycles. The number of ether oxygens (including phenoxy) is 1. The van der Waals surface area contributed by atoms with Crippen LogP contribution < -0.4 is 15.4 Å². The Bertz CT molecular complexity index is 989. The number of rotatable bonds is 6. The van der Waals surface area contributed by atoms with E-state index in [0.29, 0.717) is 35.8 Å². The lowest BCUT2D eigenvalue weighted by molar-refractivity contribution is -0.115. The SMILES string of the molecule is CCOc1cc2ccnc(Nc3ccc(F)c(C)c3)c2cc1NC(=O)CC. The van der Waals surface area contributed by atoms with E-state index in [-0.39, 0.29) is 11.7 Å². The number of hydrogen-bond acceptors (Lipinski definition) is 4. The molecule has 0 atom stereocenters. The van der Waals surface area contributed by atoms with Crippen molar-refractivity contribution >= 4 is 33.9 Å². The number of anilines is 3. The van der Waals surface area contributed by atoms with Gasteiger partial charge >= 0.3 is 0 Å². The van der Waals surface area contributed by atoms with E-state index in [9.17, 15) is 9.18 Å². The molecule has 0 aliphatic rings. The van der Waals surface area contributed by atoms with Crippen molar-refractivity contribution < 1.29 is 13.9 Å². The molecule has 0 aliphatic heterocycles. The van der Waals surface area contributed by atoms with Crippen LogP contribution in [0.5, 0.6) is 5.75 Å². The molecule has 1 heterocycles. The lowest BCUT2D eigenvalue weighted by Crippen LogP contribution is -2.11. The van der Waals surface area contributed by atoms with Crippen LogP contribution >= 0.6 is 0 Å². The predicted octanol–water partition coefficient (Wildman–Crippen LogP) is 5.17. The number of fused-ring (bicyclic) bond motifs is 1. The Kier molecular flexibility index (Phi) is 5.54. The number of aryl methyl sites for hydroxylation is 1. The predicted molar refractivity (Wildman–Crippen MR) is 106 cm³/mol. The molecule has 6 heteroatoms. The van der Waals surface area contributed by atoms with Crippen molar-refractivity contribution in [1.29, 1.82) is 0 Å². The summed E-state index contributed by atoms with van der Waals surface area (Å²) in [6, 6.07) is 10.4. The number of nitrogens with one attached hydrogen (secondary N) is 2. The molecule has 0 bridgehead atoms. The third kappa shape index (κ3) is 4.16. The maximum Gasteiger partial charge on any atom is 0.224 e. The fraction of sp³-hybridized carbons (Fsp3) is 0.238. The van der Waals surface area contributed by atoms with Crippen molar-refractivity contribution in [3.8, 4) is 5.75 Å². The zero-order valence-corrected chi connectivity index (χ0v) is 15.6. The third-order valence-electron chi connectivity index (χ3n) is 4.18. The Hall–Kier alpha value is -3.15. The van der Waals surface area contributed by atoms with Gasteiger partial charge in [0.1, 0.15) is 17.4 Å². The van der Waals surface area contributed by atoms with Crippen LogP contribution in [0.15, 0.2) is 42.6 Å². The van der Waals surface area contributed by atoms with Gasteiger partial charge in [-0.1, -0.05) is 6.92 Å². The van der Waals surface area contributed by atoms with E-state index in [0.717, 1.165) is 16.5 Å². The summed E-state index contributed by atoms with van der Waals surface area (Å²) in [5.74, 6) is 0.885. The number of carbonyl (C=O) groups is 1. The van der Waals surface area contributed by atoms with E-state index in [2.05, 4.69) is 15.6 Å². The van der Waals surface area contributed by atoms with E-state index < -0.39 is 0 Å². The highest BCUT2D eigenvalue weighted by molar-refractivity contribution is 6.01. The van der Waals surface area contributed by atoms with Crippen LogP contribution in [-0.4, -0.2) is 17.5 Å². The minimum absolute atomic E-state index is 0.0946. The van der Waals surface area contributed by atoms with Crippen molar-refractivity contribution in [2.75, 3.05) is 17.2 Å². The van der Waals surface area contributed by atoms with Crippen LogP contribution in [0.25, 0.3) is 10.8 Å². The second kappa shape index (κ2) is 8.03. The summed E-state index contributed by atoms with van der Waals surface area (Å²) < 4.78 is 19.2. The molecule has 1 amide bonds. The molecule has 5 nitrogen and oxygen atoms in total. The van der Waals surface area contributed by atoms with Gasteiger partial charge in [-0.3, -0.25) is 4.79 Å². The number of pyridine rings is 1. The van der Waals surface area contributed by atoms with Crippen molar-refractivity contribution in [3.63, 3.8) is 0 Å². The first kappa shape index (κ1) is 18.6. The van der Waals surface area contributed by atoms with Crippen LogP contribution in [0, 0.1) is 12.7 Å². The monoisotopic (exact) mass is 367 g/mol. The van der Waals surface area contributed by atoms with E-state index >= 15 is 0 Å². The van der Waals surface area contributed by atoms with Gasteiger partial charge in [0.2, 0.25) is 5.91 Å². The van der Waals surface area contributed by atoms with Crippen LogP contribution in [0.4, 0.5) is 21.6 Å². The van der Waals surface area contributed by atoms with Gasteiger partial charge in [-0.25, -0.2) is 9.37 Å². The minimum Gasteiger partial charge on any atom is -0.492 e. The molecule has 0 aliphatic carbocycles. The maximum absolute atomic E-state index is 13.5. The summed E-state index contributed by atoms with van der Waals surface area (Å²) in [5, 5.41) is 7.85. The molecular weight excluding hydrogens is 345 g/mol. The number of halogens is 1. The molecule has 0 radical (unpaired) electrons. The van der Waals surface area contributed by atoms with Crippen molar-refractivity contribution in [2.45, 2.75) is 27.2 Å². The largest absolute Gasteiger partial charge is 0.492 e. The second-order valence-electron chi connectivity index (χ2n) is 6.15. The second-order valence-corrected chi connectivity index (χ2v) is 6.15. The molecular formula is C21H22FN3O2. The van der Waals surface area contributed by atoms with Crippen molar-refractivity contribution in [2.24, 2.45) is 0 Å². The van der Waals surface area contributed by atoms with E-state index in [1.165, 1.54) is 6.07 Å². The molecule has 3 rings (SSSR count). The summed E-state index contributed by atoms with van der Waals surface area (Å²) in [6.45, 7) is 5.89. The fourth-order valence-corrected chi connectivity index (χ4v) is 2.77. The zero-order chi connectivity index (χ0) is 19.4. The third-order valence-corrected chi connectivity index (χ3v) is 4.18. The summed E-state index contributed by atoms with van der Waals surface area (Å²) in [5.41, 5.74) is 1.89. The van der Waals surface area contributed by atoms with Gasteiger partial charge in [0, 0.05) is 23.7 Å². The molecule has 140 valence electrons. The Balaban J connectivity index is 2.06. The van der Waals surface area contributed by atoms with Crippen LogP contribution in [-0.2, 0) is 4.79 Å². The Morgan fingerprint density at radius 2 is 2.00 bits per heavy atom. The standard InChI is InChI=1S/C21H22FN3O2/c1-4-20(26)25-18-12-16-14(11-19(18)27-5-2)8-9-23-21(16)24-15-6-7-17(22)13(3)10-15/h6-12H,4-5H2,1-3H3,(H,23,24)(H,25,26). The normalized spacial score (nSPS) is 10.7. The number of nitrogens with zero attached hydrogens (tertiary/aromatic N) is 1. The van der Waals surface area contributed by atoms with E-state index in [1.54, 1.807) is 32.2 Å². The minimum atomic E-state index is -0.252. The van der Waals surface area contributed by atoms with Crippen molar-refractivity contribution in [3.05, 3.63) is 54.0 Å². The topological polar surface area (TPSA) is 63.2 Å². The van der Waals surface area contributed by atoms with E-state index in [4.69, 9.17) is 4.74 Å². The van der Waals surface area contributed by atoms with Crippen molar-refractivity contribution in [1.82, 2.24) is 4.98 Å². The Morgan fingerprint density at radius 3 is 2.70 bits per heavy atom. The van der Waals surface area contributed by atoms with Gasteiger partial charge in [0.15, 0.2) is 0 Å². The summed E-state index contributed by atoms with van der Waals surface area (Å²) >= 11 is 0. The van der Waals surface area contributed by atoms with Crippen LogP contribution in [0.2, 0.25) is 0 Å². The molecule has 2 N–H and O–H groups in total. The number of hydrogen-bond donors (Lipinski definition) is 2. The lowest BCUT2D eigenvalue weighted by Gasteiger charge is -2.15. The molecule has 0 spiro atoms. The summed E-state index contributed by atoms with van der Waals surface area (Å²) in [7, 11) is 0. The van der Waals surface area contributed by atoms with Gasteiger partial charge in [-0.2, -0.15) is 0 Å². The van der Waals surface area contributed by atoms with Gasteiger partial charge < -0.3 is 15.4 Å². The molecule has 2 aromatic carbocycles. The number of amides is 1. The average molecular weight is 367 g/mol. The molecule has 1 aromatic heterocycles. The lowest BCUT2D eigenvalue weighted by atomic mass is 10.1. The molecule has 0 saturated heterocycles. The van der Waals surface area contributed by atoms with Gasteiger partial charge in [-0.05, 0) is 61.2 Å². The Labute approximate surface area is 157 Å². The zero-order valence-electron chi connectivity index (χ0n) is 15.6. The highest BCUT2D eigenvalue weighted by Crippen LogP contribution is 2.34. The number of benzene rings is 2. The van der Waals surface area contributed by atoms with E-state index in [1.807, 2.05) is 25.1 Å². The highest BCUT2D eigenvalue weighted by Gasteiger charge is 2.12. The van der Waals surface area contributed by atoms with Gasteiger partial charge in [-0.15, -0.1) is 0 Å². The first-order valence-electron chi connectivity index (χ1n) is 8.90. The van der Waals surface area contributed by atoms with Gasteiger partial charge in [0.05, 0.1) is 12.3 Å². The highest BCUT2D eigenvalue weighted by atomic mass is 19.1. The van der Waals surface area contributed by atoms with Gasteiger partial charge in [0.25, 0.3) is 0 Å². The maximum atomic E-state index is 13.5. The number of carbonyl (C=O) groups excluding carboxylic acids is 1. The first-order valence-corrected chi connectivity index (χ1v) is 8.90. The summed E-state index contributed by atoms with van der Waals surface area (Å²) in [6.07, 6.45) is 2.07. The average Bonchev–Trinajstić information content (AvgIpc) is 2.66. The van der Waals surface area contributed by atoms with Crippen LogP contribution in [0.1, 0.15) is 25.8 Å². The molecule has 0 fully saturated rings. The molecule has 27 heavy (non-hydrogen) atoms. The number of aromatic nitrogens is 1. The Morgan fingerprint density at radius 1 is 1.19 bits per heavy atom. The molecule has 0 unspecified atom stereocenters. The fourth-order valence-electron chi connectivity index (χ4n) is 2.77. The molecule has 3 aromatic rings. The quantitative estimate of drug-likeness (QED) is 0.631. The van der Waals surface area contributed by atoms with Crippen LogP contribution in [0.3, 0.4) is 0 Å². The summed E-state index contributed by atoms with van der Waals surface area (Å²) in [4.78, 5) is 16.3.